The largest absolute Gasteiger partial charge is 0.233 e. The molecule has 0 unspecified atom stereocenters. The van der Waals surface area contributed by atoms with Crippen molar-refractivity contribution < 1.29 is 9.13 Å². The highest BCUT2D eigenvalue weighted by molar-refractivity contribution is 5.85. The van der Waals surface area contributed by atoms with E-state index < -0.39 is 0 Å². The Kier molecular flexibility index (Phi) is 3.76. The third kappa shape index (κ3) is 2.77. The fourth-order valence-electron chi connectivity index (χ4n) is 2.43. The fraction of sp³-hybridized carbons (Fsp3) is 0.111. The summed E-state index contributed by atoms with van der Waals surface area (Å²) in [5.74, 6) is 0. The first-order chi connectivity index (χ1) is 10.8. The van der Waals surface area contributed by atoms with Crippen LogP contribution in [-0.4, -0.2) is 0 Å². The maximum atomic E-state index is 8.75. The van der Waals surface area contributed by atoms with Gasteiger partial charge in [0.1, 0.15) is 12.1 Å². The number of aromatic nitrogens is 2. The zero-order chi connectivity index (χ0) is 15.4. The zero-order valence-corrected chi connectivity index (χ0v) is 12.0. The molecule has 2 aromatic heterocycles. The van der Waals surface area contributed by atoms with Crippen LogP contribution in [0.4, 0.5) is 0 Å². The van der Waals surface area contributed by atoms with Crippen molar-refractivity contribution in [3.05, 3.63) is 61.2 Å². The molecule has 0 atom stereocenters. The maximum absolute atomic E-state index is 8.75. The molecule has 104 valence electrons. The normalized spacial score (nSPS) is 10.1. The third-order valence-corrected chi connectivity index (χ3v) is 3.57. The van der Waals surface area contributed by atoms with Crippen LogP contribution in [0.3, 0.4) is 0 Å². The average Bonchev–Trinajstić information content (AvgIpc) is 2.56. The molecule has 3 aromatic rings. The van der Waals surface area contributed by atoms with Crippen LogP contribution in [0.1, 0.15) is 0 Å². The smallest absolute Gasteiger partial charge is 0.191 e. The van der Waals surface area contributed by atoms with E-state index in [1.807, 2.05) is 52.1 Å². The highest BCUT2D eigenvalue weighted by Crippen LogP contribution is 2.22. The molecule has 4 nitrogen and oxygen atoms in total. The van der Waals surface area contributed by atoms with Gasteiger partial charge in [-0.25, -0.2) is 0 Å². The van der Waals surface area contributed by atoms with Crippen LogP contribution in [-0.2, 0) is 13.1 Å². The van der Waals surface area contributed by atoms with Crippen LogP contribution in [0, 0.1) is 22.7 Å². The van der Waals surface area contributed by atoms with E-state index in [-0.39, 0.29) is 0 Å². The summed E-state index contributed by atoms with van der Waals surface area (Å²) in [6.07, 6.45) is 7.72. The standard InChI is InChI=1S/C18H14N4/c19-6-11-21-8-3-15(4-9-21)16-1-2-18-14-22(12-7-20)10-5-17(18)13-16/h1-5,8-10,13-14H,11-12H2/q+2. The van der Waals surface area contributed by atoms with Gasteiger partial charge in [0.25, 0.3) is 0 Å². The molecule has 1 aromatic carbocycles. The van der Waals surface area contributed by atoms with Crippen LogP contribution in [0.15, 0.2) is 61.2 Å². The van der Waals surface area contributed by atoms with Gasteiger partial charge in [0.05, 0.1) is 0 Å². The van der Waals surface area contributed by atoms with E-state index in [9.17, 15) is 0 Å². The lowest BCUT2D eigenvalue weighted by atomic mass is 10.0. The van der Waals surface area contributed by atoms with Gasteiger partial charge >= 0.3 is 0 Å². The van der Waals surface area contributed by atoms with Crippen molar-refractivity contribution in [3.63, 3.8) is 0 Å². The SMILES string of the molecule is N#CC[n+]1ccc(-c2ccc3c[n+](CC#N)ccc3c2)cc1. The first kappa shape index (κ1) is 13.7. The molecule has 0 saturated heterocycles. The summed E-state index contributed by atoms with van der Waals surface area (Å²) in [5.41, 5.74) is 2.25. The summed E-state index contributed by atoms with van der Waals surface area (Å²) in [4.78, 5) is 0. The summed E-state index contributed by atoms with van der Waals surface area (Å²) in [5, 5.41) is 19.7. The van der Waals surface area contributed by atoms with Crippen molar-refractivity contribution in [2.45, 2.75) is 13.1 Å². The van der Waals surface area contributed by atoms with E-state index in [1.165, 1.54) is 0 Å². The van der Waals surface area contributed by atoms with Crippen molar-refractivity contribution in [1.82, 2.24) is 0 Å². The Morgan fingerprint density at radius 3 is 2.14 bits per heavy atom. The lowest BCUT2D eigenvalue weighted by molar-refractivity contribution is -0.685. The van der Waals surface area contributed by atoms with E-state index in [4.69, 9.17) is 10.5 Å². The molecule has 0 fully saturated rings. The Bertz CT molecular complexity index is 899. The molecule has 0 spiro atoms. The minimum atomic E-state index is 0.356. The summed E-state index contributed by atoms with van der Waals surface area (Å²) in [7, 11) is 0. The third-order valence-electron chi connectivity index (χ3n) is 3.57. The van der Waals surface area contributed by atoms with Crippen LogP contribution in [0.25, 0.3) is 21.9 Å². The molecular formula is C18H14N4+2. The molecule has 0 amide bonds. The number of rotatable bonds is 3. The quantitative estimate of drug-likeness (QED) is 0.693. The molecule has 0 aliphatic heterocycles. The molecule has 0 aliphatic carbocycles. The fourth-order valence-corrected chi connectivity index (χ4v) is 2.43. The monoisotopic (exact) mass is 286 g/mol. The van der Waals surface area contributed by atoms with Crippen molar-refractivity contribution in [3.8, 4) is 23.3 Å². The van der Waals surface area contributed by atoms with Gasteiger partial charge in [-0.05, 0) is 28.6 Å². The molecule has 22 heavy (non-hydrogen) atoms. The average molecular weight is 286 g/mol. The molecular weight excluding hydrogens is 272 g/mol. The Balaban J connectivity index is 1.96. The number of hydrogen-bond acceptors (Lipinski definition) is 2. The molecule has 0 bridgehead atoms. The minimum Gasteiger partial charge on any atom is -0.191 e. The summed E-state index contributed by atoms with van der Waals surface area (Å²) in [6.45, 7) is 0.714. The lowest BCUT2D eigenvalue weighted by Gasteiger charge is -2.03. The van der Waals surface area contributed by atoms with Gasteiger partial charge < -0.3 is 0 Å². The summed E-state index contributed by atoms with van der Waals surface area (Å²) < 4.78 is 3.71. The van der Waals surface area contributed by atoms with E-state index in [0.29, 0.717) is 13.1 Å². The number of nitriles is 2. The van der Waals surface area contributed by atoms with Crippen LogP contribution in [0.2, 0.25) is 0 Å². The molecule has 0 saturated carbocycles. The number of nitrogens with zero attached hydrogens (tertiary/aromatic N) is 4. The summed E-state index contributed by atoms with van der Waals surface area (Å²) >= 11 is 0. The highest BCUT2D eigenvalue weighted by atomic mass is 14.9. The number of fused-ring (bicyclic) bond motifs is 1. The Hall–Kier alpha value is -3.24. The van der Waals surface area contributed by atoms with Gasteiger partial charge in [0.15, 0.2) is 24.8 Å². The van der Waals surface area contributed by atoms with Crippen LogP contribution < -0.4 is 9.13 Å². The first-order valence-corrected chi connectivity index (χ1v) is 6.96. The van der Waals surface area contributed by atoms with Crippen molar-refractivity contribution >= 4 is 10.8 Å². The molecule has 0 N–H and O–H groups in total. The summed E-state index contributed by atoms with van der Waals surface area (Å²) in [6, 6.07) is 16.6. The number of pyridine rings is 2. The number of hydrogen-bond donors (Lipinski definition) is 0. The predicted octanol–water partition coefficient (Wildman–Crippen LogP) is 2.13. The lowest BCUT2D eigenvalue weighted by Crippen LogP contribution is -2.31. The molecule has 2 heterocycles. The second kappa shape index (κ2) is 6.03. The van der Waals surface area contributed by atoms with E-state index in [2.05, 4.69) is 30.3 Å². The van der Waals surface area contributed by atoms with Gasteiger partial charge in [-0.15, -0.1) is 0 Å². The Labute approximate surface area is 128 Å². The second-order valence-corrected chi connectivity index (χ2v) is 5.04. The van der Waals surface area contributed by atoms with Gasteiger partial charge in [-0.1, -0.05) is 6.07 Å². The Morgan fingerprint density at radius 1 is 0.727 bits per heavy atom. The van der Waals surface area contributed by atoms with Crippen molar-refractivity contribution in [2.75, 3.05) is 0 Å². The topological polar surface area (TPSA) is 55.3 Å². The number of benzene rings is 1. The molecule has 4 heteroatoms. The molecule has 0 radical (unpaired) electrons. The predicted molar refractivity (Wildman–Crippen MR) is 81.0 cm³/mol. The molecule has 3 rings (SSSR count). The highest BCUT2D eigenvalue weighted by Gasteiger charge is 2.06. The van der Waals surface area contributed by atoms with Gasteiger partial charge in [-0.3, -0.25) is 0 Å². The van der Waals surface area contributed by atoms with Crippen LogP contribution >= 0.6 is 0 Å². The zero-order valence-electron chi connectivity index (χ0n) is 12.0. The van der Waals surface area contributed by atoms with Crippen LogP contribution in [0.5, 0.6) is 0 Å². The first-order valence-electron chi connectivity index (χ1n) is 6.96. The van der Waals surface area contributed by atoms with Gasteiger partial charge in [-0.2, -0.15) is 19.7 Å². The van der Waals surface area contributed by atoms with Crippen molar-refractivity contribution in [1.29, 1.82) is 10.5 Å². The van der Waals surface area contributed by atoms with E-state index >= 15 is 0 Å². The van der Waals surface area contributed by atoms with Gasteiger partial charge in [0, 0.05) is 23.6 Å². The Morgan fingerprint density at radius 2 is 1.41 bits per heavy atom. The van der Waals surface area contributed by atoms with Crippen molar-refractivity contribution in [2.24, 2.45) is 0 Å². The van der Waals surface area contributed by atoms with E-state index in [1.54, 1.807) is 0 Å². The second-order valence-electron chi connectivity index (χ2n) is 5.04. The van der Waals surface area contributed by atoms with E-state index in [0.717, 1.165) is 21.9 Å². The maximum Gasteiger partial charge on any atom is 0.233 e. The minimum absolute atomic E-state index is 0.356. The van der Waals surface area contributed by atoms with Gasteiger partial charge in [0.2, 0.25) is 13.1 Å². The molecule has 0 aliphatic rings.